The van der Waals surface area contributed by atoms with Crippen LogP contribution in [0.2, 0.25) is 0 Å². The summed E-state index contributed by atoms with van der Waals surface area (Å²) in [5.41, 5.74) is 3.17. The molecule has 0 saturated carbocycles. The Morgan fingerprint density at radius 1 is 1.09 bits per heavy atom. The average molecular weight is 298 g/mol. The van der Waals surface area contributed by atoms with Gasteiger partial charge in [0.05, 0.1) is 18.4 Å². The second-order valence-corrected chi connectivity index (χ2v) is 5.02. The van der Waals surface area contributed by atoms with Gasteiger partial charge in [0.1, 0.15) is 0 Å². The van der Waals surface area contributed by atoms with Crippen molar-refractivity contribution in [3.05, 3.63) is 54.1 Å². The third kappa shape index (κ3) is 4.25. The number of carbonyl (C=O) groups excluding carboxylic acids is 1. The number of hydrogen-bond donors (Lipinski definition) is 2. The maximum Gasteiger partial charge on any atom is 0.339 e. The van der Waals surface area contributed by atoms with E-state index in [2.05, 4.69) is 17.6 Å². The van der Waals surface area contributed by atoms with E-state index < -0.39 is 0 Å². The van der Waals surface area contributed by atoms with Crippen molar-refractivity contribution in [2.24, 2.45) is 0 Å². The van der Waals surface area contributed by atoms with Crippen molar-refractivity contribution >= 4 is 23.0 Å². The molecule has 0 aromatic heterocycles. The Balaban J connectivity index is 2.25. The number of unbranched alkanes of at least 4 members (excludes halogenated alkanes) is 1. The minimum absolute atomic E-state index is 0.349. The molecule has 0 spiro atoms. The third-order valence-corrected chi connectivity index (χ3v) is 3.34. The standard InChI is InChI=1S/C18H22N2O2/c1-3-4-12-19-15-10-11-16(18(21)22-2)17(13-15)20-14-8-6-5-7-9-14/h5-11,13,19-20H,3-4,12H2,1-2H3. The summed E-state index contributed by atoms with van der Waals surface area (Å²) < 4.78 is 4.85. The van der Waals surface area contributed by atoms with Gasteiger partial charge in [-0.05, 0) is 36.8 Å². The Bertz CT molecular complexity index is 612. The highest BCUT2D eigenvalue weighted by atomic mass is 16.5. The maximum absolute atomic E-state index is 11.9. The molecule has 2 rings (SSSR count). The molecule has 2 aromatic rings. The van der Waals surface area contributed by atoms with Gasteiger partial charge in [0.15, 0.2) is 0 Å². The maximum atomic E-state index is 11.9. The van der Waals surface area contributed by atoms with E-state index in [1.807, 2.05) is 42.5 Å². The van der Waals surface area contributed by atoms with E-state index in [1.165, 1.54) is 7.11 Å². The Morgan fingerprint density at radius 2 is 1.86 bits per heavy atom. The Hall–Kier alpha value is -2.49. The molecule has 2 N–H and O–H groups in total. The second kappa shape index (κ2) is 8.08. The van der Waals surface area contributed by atoms with Crippen LogP contribution in [0.25, 0.3) is 0 Å². The Morgan fingerprint density at radius 3 is 2.55 bits per heavy atom. The van der Waals surface area contributed by atoms with E-state index in [1.54, 1.807) is 6.07 Å². The quantitative estimate of drug-likeness (QED) is 0.586. The molecule has 0 atom stereocenters. The normalized spacial score (nSPS) is 10.1. The fraction of sp³-hybridized carbons (Fsp3) is 0.278. The number of hydrogen-bond acceptors (Lipinski definition) is 4. The second-order valence-electron chi connectivity index (χ2n) is 5.02. The van der Waals surface area contributed by atoms with Crippen LogP contribution in [-0.2, 0) is 4.74 Å². The number of methoxy groups -OCH3 is 1. The van der Waals surface area contributed by atoms with Crippen molar-refractivity contribution in [1.82, 2.24) is 0 Å². The molecule has 0 unspecified atom stereocenters. The lowest BCUT2D eigenvalue weighted by Crippen LogP contribution is -2.07. The van der Waals surface area contributed by atoms with Gasteiger partial charge in [-0.1, -0.05) is 31.5 Å². The average Bonchev–Trinajstić information content (AvgIpc) is 2.56. The number of nitrogens with one attached hydrogen (secondary N) is 2. The van der Waals surface area contributed by atoms with Crippen LogP contribution in [0.15, 0.2) is 48.5 Å². The number of benzene rings is 2. The Kier molecular flexibility index (Phi) is 5.83. The van der Waals surface area contributed by atoms with Gasteiger partial charge >= 0.3 is 5.97 Å². The Labute approximate surface area is 131 Å². The van der Waals surface area contributed by atoms with Crippen molar-refractivity contribution < 1.29 is 9.53 Å². The van der Waals surface area contributed by atoms with E-state index in [0.29, 0.717) is 5.56 Å². The van der Waals surface area contributed by atoms with Crippen LogP contribution < -0.4 is 10.6 Å². The fourth-order valence-electron chi connectivity index (χ4n) is 2.13. The van der Waals surface area contributed by atoms with Crippen molar-refractivity contribution in [2.45, 2.75) is 19.8 Å². The van der Waals surface area contributed by atoms with Crippen LogP contribution in [-0.4, -0.2) is 19.6 Å². The van der Waals surface area contributed by atoms with E-state index in [0.717, 1.165) is 36.4 Å². The molecular weight excluding hydrogens is 276 g/mol. The van der Waals surface area contributed by atoms with Crippen molar-refractivity contribution in [2.75, 3.05) is 24.3 Å². The van der Waals surface area contributed by atoms with Crippen LogP contribution in [0.5, 0.6) is 0 Å². The van der Waals surface area contributed by atoms with E-state index >= 15 is 0 Å². The first-order valence-corrected chi connectivity index (χ1v) is 7.53. The topological polar surface area (TPSA) is 50.4 Å². The SMILES string of the molecule is CCCCNc1ccc(C(=O)OC)c(Nc2ccccc2)c1. The van der Waals surface area contributed by atoms with Gasteiger partial charge in [-0.3, -0.25) is 0 Å². The largest absolute Gasteiger partial charge is 0.465 e. The summed E-state index contributed by atoms with van der Waals surface area (Å²) in [7, 11) is 1.39. The first kappa shape index (κ1) is 15.9. The highest BCUT2D eigenvalue weighted by Crippen LogP contribution is 2.25. The monoisotopic (exact) mass is 298 g/mol. The smallest absolute Gasteiger partial charge is 0.339 e. The molecule has 22 heavy (non-hydrogen) atoms. The van der Waals surface area contributed by atoms with Crippen molar-refractivity contribution in [3.63, 3.8) is 0 Å². The van der Waals surface area contributed by atoms with Gasteiger partial charge in [0, 0.05) is 17.9 Å². The molecule has 0 heterocycles. The van der Waals surface area contributed by atoms with Crippen LogP contribution >= 0.6 is 0 Å². The lowest BCUT2D eigenvalue weighted by molar-refractivity contribution is 0.0602. The molecular formula is C18H22N2O2. The van der Waals surface area contributed by atoms with Crippen LogP contribution in [0.4, 0.5) is 17.1 Å². The van der Waals surface area contributed by atoms with Gasteiger partial charge < -0.3 is 15.4 Å². The van der Waals surface area contributed by atoms with E-state index in [9.17, 15) is 4.79 Å². The molecule has 0 amide bonds. The van der Waals surface area contributed by atoms with Gasteiger partial charge in [-0.15, -0.1) is 0 Å². The number of rotatable bonds is 7. The number of esters is 1. The molecule has 0 aliphatic rings. The van der Waals surface area contributed by atoms with Gasteiger partial charge in [0.2, 0.25) is 0 Å². The fourth-order valence-corrected chi connectivity index (χ4v) is 2.13. The van der Waals surface area contributed by atoms with Crippen LogP contribution in [0, 0.1) is 0 Å². The van der Waals surface area contributed by atoms with Crippen molar-refractivity contribution in [3.8, 4) is 0 Å². The third-order valence-electron chi connectivity index (χ3n) is 3.34. The summed E-state index contributed by atoms with van der Waals surface area (Å²) in [5, 5.41) is 6.64. The predicted octanol–water partition coefficient (Wildman–Crippen LogP) is 4.43. The van der Waals surface area contributed by atoms with Crippen LogP contribution in [0.3, 0.4) is 0 Å². The van der Waals surface area contributed by atoms with Gasteiger partial charge in [-0.25, -0.2) is 4.79 Å². The molecule has 4 nitrogen and oxygen atoms in total. The van der Waals surface area contributed by atoms with E-state index in [-0.39, 0.29) is 5.97 Å². The van der Waals surface area contributed by atoms with Gasteiger partial charge in [-0.2, -0.15) is 0 Å². The molecule has 0 aliphatic heterocycles. The summed E-state index contributed by atoms with van der Waals surface area (Å²) in [6, 6.07) is 15.4. The van der Waals surface area contributed by atoms with Crippen LogP contribution in [0.1, 0.15) is 30.1 Å². The van der Waals surface area contributed by atoms with E-state index in [4.69, 9.17) is 4.74 Å². The number of anilines is 3. The molecule has 4 heteroatoms. The lowest BCUT2D eigenvalue weighted by atomic mass is 10.1. The summed E-state index contributed by atoms with van der Waals surface area (Å²) in [6.45, 7) is 3.07. The summed E-state index contributed by atoms with van der Waals surface area (Å²) in [5.74, 6) is -0.349. The predicted molar refractivity (Wildman–Crippen MR) is 90.9 cm³/mol. The minimum atomic E-state index is -0.349. The highest BCUT2D eigenvalue weighted by molar-refractivity contribution is 5.97. The number of para-hydroxylation sites is 1. The van der Waals surface area contributed by atoms with Gasteiger partial charge in [0.25, 0.3) is 0 Å². The zero-order valence-corrected chi connectivity index (χ0v) is 13.1. The molecule has 0 radical (unpaired) electrons. The minimum Gasteiger partial charge on any atom is -0.465 e. The zero-order valence-electron chi connectivity index (χ0n) is 13.1. The first-order chi connectivity index (χ1) is 10.7. The number of carbonyl (C=O) groups is 1. The molecule has 0 saturated heterocycles. The molecule has 116 valence electrons. The van der Waals surface area contributed by atoms with Crippen molar-refractivity contribution in [1.29, 1.82) is 0 Å². The molecule has 0 aliphatic carbocycles. The molecule has 2 aromatic carbocycles. The summed E-state index contributed by atoms with van der Waals surface area (Å²) in [6.07, 6.45) is 2.25. The first-order valence-electron chi connectivity index (χ1n) is 7.53. The molecule has 0 bridgehead atoms. The lowest BCUT2D eigenvalue weighted by Gasteiger charge is -2.14. The molecule has 0 fully saturated rings. The zero-order chi connectivity index (χ0) is 15.8. The summed E-state index contributed by atoms with van der Waals surface area (Å²) >= 11 is 0. The highest BCUT2D eigenvalue weighted by Gasteiger charge is 2.12. The summed E-state index contributed by atoms with van der Waals surface area (Å²) in [4.78, 5) is 11.9. The number of ether oxygens (including phenoxy) is 1.